The standard InChI is InChI=1S/C16H21NO/c1-3-7-15(17-10-4-2)14-11-13-8-5-6-9-16(13)18-12-14/h1,5-6,8-9,14-15,17H,4,7,10-12H2,2H3. The highest BCUT2D eigenvalue weighted by Gasteiger charge is 2.26. The largest absolute Gasteiger partial charge is 0.493 e. The van der Waals surface area contributed by atoms with Crippen LogP contribution in [0.2, 0.25) is 0 Å². The van der Waals surface area contributed by atoms with Crippen LogP contribution in [0.5, 0.6) is 5.75 Å². The number of nitrogens with one attached hydrogen (secondary N) is 1. The van der Waals surface area contributed by atoms with Gasteiger partial charge in [-0.2, -0.15) is 0 Å². The molecular formula is C16H21NO. The monoisotopic (exact) mass is 243 g/mol. The fourth-order valence-electron chi connectivity index (χ4n) is 2.47. The second-order valence-corrected chi connectivity index (χ2v) is 4.85. The van der Waals surface area contributed by atoms with Crippen molar-refractivity contribution in [3.05, 3.63) is 29.8 Å². The summed E-state index contributed by atoms with van der Waals surface area (Å²) >= 11 is 0. The van der Waals surface area contributed by atoms with Gasteiger partial charge < -0.3 is 10.1 Å². The van der Waals surface area contributed by atoms with Gasteiger partial charge in [0.05, 0.1) is 6.61 Å². The van der Waals surface area contributed by atoms with E-state index in [4.69, 9.17) is 11.2 Å². The minimum atomic E-state index is 0.364. The molecule has 0 fully saturated rings. The lowest BCUT2D eigenvalue weighted by Gasteiger charge is -2.31. The van der Waals surface area contributed by atoms with E-state index in [1.807, 2.05) is 12.1 Å². The van der Waals surface area contributed by atoms with E-state index in [1.54, 1.807) is 0 Å². The van der Waals surface area contributed by atoms with Gasteiger partial charge in [0.25, 0.3) is 0 Å². The van der Waals surface area contributed by atoms with Crippen molar-refractivity contribution in [3.63, 3.8) is 0 Å². The highest BCUT2D eigenvalue weighted by molar-refractivity contribution is 5.35. The van der Waals surface area contributed by atoms with Crippen molar-refractivity contribution in [3.8, 4) is 18.1 Å². The summed E-state index contributed by atoms with van der Waals surface area (Å²) in [6.07, 6.45) is 8.43. The molecule has 1 aliphatic heterocycles. The Morgan fingerprint density at radius 3 is 3.11 bits per heavy atom. The smallest absolute Gasteiger partial charge is 0.122 e. The zero-order chi connectivity index (χ0) is 12.8. The average Bonchev–Trinajstić information content (AvgIpc) is 2.43. The lowest BCUT2D eigenvalue weighted by atomic mass is 9.89. The topological polar surface area (TPSA) is 21.3 Å². The number of hydrogen-bond acceptors (Lipinski definition) is 2. The van der Waals surface area contributed by atoms with Crippen molar-refractivity contribution in [1.29, 1.82) is 0 Å². The molecule has 2 heteroatoms. The van der Waals surface area contributed by atoms with Crippen molar-refractivity contribution in [1.82, 2.24) is 5.32 Å². The molecule has 18 heavy (non-hydrogen) atoms. The highest BCUT2D eigenvalue weighted by atomic mass is 16.5. The molecule has 0 bridgehead atoms. The Kier molecular flexibility index (Phi) is 4.66. The third kappa shape index (κ3) is 3.05. The molecule has 0 aliphatic carbocycles. The van der Waals surface area contributed by atoms with Crippen LogP contribution in [0, 0.1) is 18.3 Å². The van der Waals surface area contributed by atoms with Crippen molar-refractivity contribution < 1.29 is 4.74 Å². The first-order valence-electron chi connectivity index (χ1n) is 6.72. The molecule has 2 unspecified atom stereocenters. The second kappa shape index (κ2) is 6.47. The van der Waals surface area contributed by atoms with Gasteiger partial charge in [0.1, 0.15) is 5.75 Å². The summed E-state index contributed by atoms with van der Waals surface area (Å²) in [6.45, 7) is 3.96. The molecule has 2 atom stereocenters. The van der Waals surface area contributed by atoms with Crippen molar-refractivity contribution in [2.75, 3.05) is 13.2 Å². The molecule has 1 aromatic carbocycles. The Bertz CT molecular complexity index is 421. The third-order valence-electron chi connectivity index (χ3n) is 3.47. The summed E-state index contributed by atoms with van der Waals surface area (Å²) in [5.41, 5.74) is 1.30. The molecule has 96 valence electrons. The van der Waals surface area contributed by atoms with Crippen LogP contribution in [-0.4, -0.2) is 19.2 Å². The zero-order valence-corrected chi connectivity index (χ0v) is 11.0. The van der Waals surface area contributed by atoms with Crippen molar-refractivity contribution >= 4 is 0 Å². The van der Waals surface area contributed by atoms with Crippen LogP contribution < -0.4 is 10.1 Å². The first kappa shape index (κ1) is 13.0. The van der Waals surface area contributed by atoms with Crippen LogP contribution in [-0.2, 0) is 6.42 Å². The summed E-state index contributed by atoms with van der Waals surface area (Å²) in [7, 11) is 0. The predicted octanol–water partition coefficient (Wildman–Crippen LogP) is 2.63. The Morgan fingerprint density at radius 2 is 2.33 bits per heavy atom. The van der Waals surface area contributed by atoms with Gasteiger partial charge in [-0.25, -0.2) is 0 Å². The molecule has 1 N–H and O–H groups in total. The van der Waals surface area contributed by atoms with E-state index < -0.39 is 0 Å². The Balaban J connectivity index is 2.03. The second-order valence-electron chi connectivity index (χ2n) is 4.85. The van der Waals surface area contributed by atoms with Crippen LogP contribution in [0.25, 0.3) is 0 Å². The minimum Gasteiger partial charge on any atom is -0.493 e. The molecular weight excluding hydrogens is 222 g/mol. The fourth-order valence-corrected chi connectivity index (χ4v) is 2.47. The van der Waals surface area contributed by atoms with Gasteiger partial charge >= 0.3 is 0 Å². The van der Waals surface area contributed by atoms with Crippen LogP contribution in [0.1, 0.15) is 25.3 Å². The fraction of sp³-hybridized carbons (Fsp3) is 0.500. The zero-order valence-electron chi connectivity index (χ0n) is 11.0. The highest BCUT2D eigenvalue weighted by Crippen LogP contribution is 2.28. The van der Waals surface area contributed by atoms with E-state index in [0.717, 1.165) is 38.2 Å². The average molecular weight is 243 g/mol. The Labute approximate surface area is 110 Å². The maximum absolute atomic E-state index is 5.83. The van der Waals surface area contributed by atoms with Crippen LogP contribution in [0.4, 0.5) is 0 Å². The number of rotatable bonds is 5. The molecule has 0 radical (unpaired) electrons. The summed E-state index contributed by atoms with van der Waals surface area (Å²) in [5, 5.41) is 3.55. The van der Waals surface area contributed by atoms with Gasteiger partial charge in [0.15, 0.2) is 0 Å². The first-order valence-corrected chi connectivity index (χ1v) is 6.72. The molecule has 0 amide bonds. The van der Waals surface area contributed by atoms with E-state index in [2.05, 4.69) is 30.3 Å². The van der Waals surface area contributed by atoms with Crippen molar-refractivity contribution in [2.24, 2.45) is 5.92 Å². The Morgan fingerprint density at radius 1 is 1.50 bits per heavy atom. The van der Waals surface area contributed by atoms with Crippen molar-refractivity contribution in [2.45, 2.75) is 32.2 Å². The van der Waals surface area contributed by atoms with Crippen LogP contribution >= 0.6 is 0 Å². The van der Waals surface area contributed by atoms with E-state index in [9.17, 15) is 0 Å². The molecule has 2 rings (SSSR count). The Hall–Kier alpha value is -1.46. The van der Waals surface area contributed by atoms with Crippen LogP contribution in [0.3, 0.4) is 0 Å². The molecule has 1 aromatic rings. The summed E-state index contributed by atoms with van der Waals surface area (Å²) < 4.78 is 5.83. The summed E-state index contributed by atoms with van der Waals surface area (Å²) in [4.78, 5) is 0. The van der Waals surface area contributed by atoms with Gasteiger partial charge in [-0.1, -0.05) is 25.1 Å². The third-order valence-corrected chi connectivity index (χ3v) is 3.47. The number of hydrogen-bond donors (Lipinski definition) is 1. The van der Waals surface area contributed by atoms with Gasteiger partial charge in [-0.15, -0.1) is 12.3 Å². The maximum atomic E-state index is 5.83. The number of terminal acetylenes is 1. The first-order chi connectivity index (χ1) is 8.85. The summed E-state index contributed by atoms with van der Waals surface area (Å²) in [6, 6.07) is 8.65. The van der Waals surface area contributed by atoms with Gasteiger partial charge in [0, 0.05) is 18.4 Å². The minimum absolute atomic E-state index is 0.364. The predicted molar refractivity (Wildman–Crippen MR) is 74.7 cm³/mol. The van der Waals surface area contributed by atoms with Crippen LogP contribution in [0.15, 0.2) is 24.3 Å². The molecule has 1 heterocycles. The molecule has 0 aromatic heterocycles. The van der Waals surface area contributed by atoms with E-state index in [1.165, 1.54) is 5.56 Å². The SMILES string of the molecule is C#CCC(NCCC)C1COc2ccccc2C1. The number of fused-ring (bicyclic) bond motifs is 1. The summed E-state index contributed by atoms with van der Waals surface area (Å²) in [5.74, 6) is 4.29. The van der Waals surface area contributed by atoms with E-state index in [0.29, 0.717) is 12.0 Å². The maximum Gasteiger partial charge on any atom is 0.122 e. The van der Waals surface area contributed by atoms with E-state index >= 15 is 0 Å². The molecule has 0 spiro atoms. The van der Waals surface area contributed by atoms with Gasteiger partial charge in [-0.05, 0) is 31.0 Å². The normalized spacial score (nSPS) is 19.4. The number of benzene rings is 1. The molecule has 0 saturated carbocycles. The lowest BCUT2D eigenvalue weighted by molar-refractivity contribution is 0.185. The number of ether oxygens (including phenoxy) is 1. The van der Waals surface area contributed by atoms with Gasteiger partial charge in [0.2, 0.25) is 0 Å². The van der Waals surface area contributed by atoms with E-state index in [-0.39, 0.29) is 0 Å². The van der Waals surface area contributed by atoms with Gasteiger partial charge in [-0.3, -0.25) is 0 Å². The quantitative estimate of drug-likeness (QED) is 0.803. The lowest BCUT2D eigenvalue weighted by Crippen LogP contribution is -2.41. The molecule has 0 saturated heterocycles. The molecule has 2 nitrogen and oxygen atoms in total. The number of para-hydroxylation sites is 1. The molecule has 1 aliphatic rings.